The van der Waals surface area contributed by atoms with Gasteiger partial charge in [-0.05, 0) is 46.3 Å². The lowest BCUT2D eigenvalue weighted by atomic mass is 10.1. The quantitative estimate of drug-likeness (QED) is 0.635. The second-order valence-electron chi connectivity index (χ2n) is 5.62. The number of rotatable bonds is 3. The molecular formula is C19H13BrClN3O. The molecule has 1 atom stereocenters. The first kappa shape index (κ1) is 16.1. The maximum absolute atomic E-state index is 13.0. The van der Waals surface area contributed by atoms with E-state index in [2.05, 4.69) is 26.2 Å². The van der Waals surface area contributed by atoms with Crippen LogP contribution in [-0.2, 0) is 0 Å². The highest BCUT2D eigenvalue weighted by Gasteiger charge is 2.38. The highest BCUT2D eigenvalue weighted by Crippen LogP contribution is 2.38. The van der Waals surface area contributed by atoms with Gasteiger partial charge >= 0.3 is 0 Å². The number of carbonyl (C=O) groups is 1. The summed E-state index contributed by atoms with van der Waals surface area (Å²) in [6.07, 6.45) is 1.19. The topological polar surface area (TPSA) is 45.2 Å². The van der Waals surface area contributed by atoms with Gasteiger partial charge in [0.15, 0.2) is 0 Å². The number of hydrogen-bond acceptors (Lipinski definition) is 3. The molecule has 0 unspecified atom stereocenters. The number of fused-ring (bicyclic) bond motifs is 1. The Morgan fingerprint density at radius 1 is 1.04 bits per heavy atom. The summed E-state index contributed by atoms with van der Waals surface area (Å²) < 4.78 is 0.927. The molecule has 0 saturated carbocycles. The number of aromatic nitrogens is 1. The Kier molecular flexibility index (Phi) is 4.19. The third-order valence-electron chi connectivity index (χ3n) is 4.09. The maximum Gasteiger partial charge on any atom is 0.261 e. The van der Waals surface area contributed by atoms with Crippen LogP contribution in [-0.4, -0.2) is 10.9 Å². The van der Waals surface area contributed by atoms with Crippen molar-refractivity contribution in [1.82, 2.24) is 4.98 Å². The molecule has 1 N–H and O–H groups in total. The van der Waals surface area contributed by atoms with E-state index in [-0.39, 0.29) is 12.1 Å². The molecule has 2 heterocycles. The first-order chi connectivity index (χ1) is 12.1. The van der Waals surface area contributed by atoms with E-state index in [1.54, 1.807) is 23.2 Å². The maximum atomic E-state index is 13.0. The van der Waals surface area contributed by atoms with Crippen molar-refractivity contribution in [2.24, 2.45) is 0 Å². The van der Waals surface area contributed by atoms with Crippen molar-refractivity contribution in [3.05, 3.63) is 87.5 Å². The molecule has 0 spiro atoms. The Hall–Kier alpha value is -2.37. The van der Waals surface area contributed by atoms with E-state index in [1.165, 1.54) is 0 Å². The first-order valence-corrected chi connectivity index (χ1v) is 8.87. The number of nitrogens with zero attached hydrogens (tertiary/aromatic N) is 2. The van der Waals surface area contributed by atoms with Gasteiger partial charge in [0.2, 0.25) is 0 Å². The molecule has 0 radical (unpaired) electrons. The van der Waals surface area contributed by atoms with Crippen molar-refractivity contribution in [2.75, 3.05) is 10.2 Å². The van der Waals surface area contributed by atoms with Gasteiger partial charge in [-0.15, -0.1) is 0 Å². The molecule has 25 heavy (non-hydrogen) atoms. The Morgan fingerprint density at radius 3 is 2.56 bits per heavy atom. The molecule has 4 rings (SSSR count). The molecule has 0 saturated heterocycles. The second kappa shape index (κ2) is 6.50. The van der Waals surface area contributed by atoms with E-state index < -0.39 is 0 Å². The van der Waals surface area contributed by atoms with Crippen LogP contribution in [0.1, 0.15) is 22.1 Å². The monoisotopic (exact) mass is 413 g/mol. The average Bonchev–Trinajstić information content (AvgIpc) is 2.90. The fourth-order valence-corrected chi connectivity index (χ4v) is 3.44. The van der Waals surface area contributed by atoms with Crippen LogP contribution < -0.4 is 10.2 Å². The number of pyridine rings is 1. The van der Waals surface area contributed by atoms with E-state index in [4.69, 9.17) is 11.6 Å². The summed E-state index contributed by atoms with van der Waals surface area (Å²) in [7, 11) is 0. The van der Waals surface area contributed by atoms with Gasteiger partial charge in [0, 0.05) is 21.8 Å². The summed E-state index contributed by atoms with van der Waals surface area (Å²) >= 11 is 9.49. The van der Waals surface area contributed by atoms with E-state index in [1.807, 2.05) is 48.5 Å². The highest BCUT2D eigenvalue weighted by atomic mass is 79.9. The Bertz CT molecular complexity index is 945. The van der Waals surface area contributed by atoms with Crippen LogP contribution in [0.3, 0.4) is 0 Å². The van der Waals surface area contributed by atoms with E-state index in [0.717, 1.165) is 15.7 Å². The normalized spacial score (nSPS) is 16.0. The minimum absolute atomic E-state index is 0.0880. The molecule has 3 aromatic rings. The fourth-order valence-electron chi connectivity index (χ4n) is 2.93. The lowest BCUT2D eigenvalue weighted by molar-refractivity contribution is 0.0992. The van der Waals surface area contributed by atoms with Crippen LogP contribution in [0.5, 0.6) is 0 Å². The van der Waals surface area contributed by atoms with Gasteiger partial charge in [-0.2, -0.15) is 0 Å². The van der Waals surface area contributed by atoms with E-state index in [0.29, 0.717) is 16.4 Å². The van der Waals surface area contributed by atoms with Crippen molar-refractivity contribution < 1.29 is 4.79 Å². The summed E-state index contributed by atoms with van der Waals surface area (Å²) in [6.45, 7) is 0. The predicted octanol–water partition coefficient (Wildman–Crippen LogP) is 5.27. The van der Waals surface area contributed by atoms with Crippen molar-refractivity contribution in [3.8, 4) is 0 Å². The zero-order chi connectivity index (χ0) is 17.4. The van der Waals surface area contributed by atoms with Crippen LogP contribution in [0.15, 0.2) is 71.3 Å². The number of para-hydroxylation sites is 1. The number of amides is 1. The summed E-state index contributed by atoms with van der Waals surface area (Å²) in [5, 5.41) is 3.97. The molecule has 2 aromatic carbocycles. The van der Waals surface area contributed by atoms with Gasteiger partial charge in [-0.1, -0.05) is 41.9 Å². The smallest absolute Gasteiger partial charge is 0.261 e. The minimum atomic E-state index is -0.351. The summed E-state index contributed by atoms with van der Waals surface area (Å²) in [4.78, 5) is 19.0. The minimum Gasteiger partial charge on any atom is -0.360 e. The van der Waals surface area contributed by atoms with E-state index in [9.17, 15) is 4.79 Å². The molecule has 0 bridgehead atoms. The second-order valence-corrected chi connectivity index (χ2v) is 6.91. The third-order valence-corrected chi connectivity index (χ3v) is 5.00. The lowest BCUT2D eigenvalue weighted by Gasteiger charge is -2.26. The zero-order valence-corrected chi connectivity index (χ0v) is 15.3. The van der Waals surface area contributed by atoms with Crippen molar-refractivity contribution in [2.45, 2.75) is 6.17 Å². The van der Waals surface area contributed by atoms with Crippen LogP contribution in [0.2, 0.25) is 5.02 Å². The summed E-state index contributed by atoms with van der Waals surface area (Å²) in [5.74, 6) is 0.463. The van der Waals surface area contributed by atoms with Crippen molar-refractivity contribution in [3.63, 3.8) is 0 Å². The van der Waals surface area contributed by atoms with Crippen LogP contribution in [0.25, 0.3) is 0 Å². The van der Waals surface area contributed by atoms with Gasteiger partial charge < -0.3 is 5.32 Å². The number of halogens is 2. The molecule has 1 aliphatic rings. The molecule has 1 aliphatic heterocycles. The van der Waals surface area contributed by atoms with Gasteiger partial charge in [0.05, 0.1) is 10.7 Å². The van der Waals surface area contributed by atoms with Crippen LogP contribution >= 0.6 is 27.5 Å². The molecule has 124 valence electrons. The Morgan fingerprint density at radius 2 is 1.80 bits per heavy atom. The Balaban J connectivity index is 1.80. The molecule has 1 amide bonds. The zero-order valence-electron chi connectivity index (χ0n) is 13.0. The van der Waals surface area contributed by atoms with Crippen molar-refractivity contribution >= 4 is 44.9 Å². The van der Waals surface area contributed by atoms with Crippen LogP contribution in [0.4, 0.5) is 11.5 Å². The molecule has 0 aliphatic carbocycles. The first-order valence-electron chi connectivity index (χ1n) is 7.70. The molecular weight excluding hydrogens is 402 g/mol. The van der Waals surface area contributed by atoms with Gasteiger partial charge in [0.25, 0.3) is 5.91 Å². The Labute approximate surface area is 158 Å². The standard InChI is InChI=1S/C19H13BrClN3O/c20-15-7-3-4-8-16(15)23-18-13-5-1-2-6-14(13)19(25)24(18)17-10-9-12(21)11-22-17/h1-11,18,23H/t18-/m1/s1. The molecule has 6 heteroatoms. The van der Waals surface area contributed by atoms with Gasteiger partial charge in [-0.25, -0.2) is 4.98 Å². The van der Waals surface area contributed by atoms with Gasteiger partial charge in [0.1, 0.15) is 12.0 Å². The predicted molar refractivity (Wildman–Crippen MR) is 103 cm³/mol. The number of benzene rings is 2. The van der Waals surface area contributed by atoms with Gasteiger partial charge in [-0.3, -0.25) is 9.69 Å². The number of nitrogens with one attached hydrogen (secondary N) is 1. The average molecular weight is 415 g/mol. The highest BCUT2D eigenvalue weighted by molar-refractivity contribution is 9.10. The molecule has 0 fully saturated rings. The number of carbonyl (C=O) groups excluding carboxylic acids is 1. The van der Waals surface area contributed by atoms with Crippen LogP contribution in [0, 0.1) is 0 Å². The largest absolute Gasteiger partial charge is 0.360 e. The fraction of sp³-hybridized carbons (Fsp3) is 0.0526. The number of hydrogen-bond donors (Lipinski definition) is 1. The van der Waals surface area contributed by atoms with E-state index >= 15 is 0 Å². The SMILES string of the molecule is O=C1c2ccccc2[C@H](Nc2ccccc2Br)N1c1ccc(Cl)cn1. The summed E-state index contributed by atoms with van der Waals surface area (Å²) in [5.41, 5.74) is 2.49. The molecule has 1 aromatic heterocycles. The third kappa shape index (κ3) is 2.90. The summed E-state index contributed by atoms with van der Waals surface area (Å²) in [6, 6.07) is 18.9. The van der Waals surface area contributed by atoms with Crippen molar-refractivity contribution in [1.29, 1.82) is 0 Å². The number of anilines is 2. The lowest BCUT2D eigenvalue weighted by Crippen LogP contribution is -2.33. The molecule has 4 nitrogen and oxygen atoms in total.